The van der Waals surface area contributed by atoms with Crippen molar-refractivity contribution in [1.82, 2.24) is 4.90 Å². The fraction of sp³-hybridized carbons (Fsp3) is 0.364. The first kappa shape index (κ1) is 20.3. The molecule has 2 aromatic carbocycles. The molecule has 1 unspecified atom stereocenters. The van der Waals surface area contributed by atoms with Crippen LogP contribution in [0.1, 0.15) is 24.8 Å². The Labute approximate surface area is 173 Å². The highest BCUT2D eigenvalue weighted by atomic mass is 19.2. The third-order valence-electron chi connectivity index (χ3n) is 5.46. The van der Waals surface area contributed by atoms with E-state index < -0.39 is 17.2 Å². The summed E-state index contributed by atoms with van der Waals surface area (Å²) in [7, 11) is 1.58. The molecule has 2 aliphatic rings. The molecule has 0 radical (unpaired) electrons. The highest BCUT2D eigenvalue weighted by molar-refractivity contribution is 6.43. The average molecular weight is 415 g/mol. The van der Waals surface area contributed by atoms with E-state index >= 15 is 0 Å². The van der Waals surface area contributed by atoms with Gasteiger partial charge in [0.25, 0.3) is 5.91 Å². The van der Waals surface area contributed by atoms with Crippen LogP contribution in [-0.4, -0.2) is 42.3 Å². The van der Waals surface area contributed by atoms with Crippen LogP contribution in [0.4, 0.5) is 14.5 Å². The molecule has 6 nitrogen and oxygen atoms in total. The number of ether oxygens (including phenoxy) is 1. The number of halogens is 2. The summed E-state index contributed by atoms with van der Waals surface area (Å²) in [6.07, 6.45) is 2.06. The molecule has 158 valence electrons. The van der Waals surface area contributed by atoms with Crippen LogP contribution in [0.2, 0.25) is 0 Å². The van der Waals surface area contributed by atoms with Crippen LogP contribution in [0.25, 0.3) is 0 Å². The van der Waals surface area contributed by atoms with Crippen molar-refractivity contribution in [3.8, 4) is 5.75 Å². The van der Waals surface area contributed by atoms with Gasteiger partial charge in [-0.3, -0.25) is 9.69 Å². The number of piperidine rings is 1. The van der Waals surface area contributed by atoms with E-state index in [1.165, 1.54) is 6.07 Å². The van der Waals surface area contributed by atoms with Crippen LogP contribution in [-0.2, 0) is 16.2 Å². The second-order valence-electron chi connectivity index (χ2n) is 7.73. The van der Waals surface area contributed by atoms with Gasteiger partial charge in [-0.05, 0) is 61.3 Å². The highest BCUT2D eigenvalue weighted by Gasteiger charge is 2.44. The monoisotopic (exact) mass is 415 g/mol. The number of benzene rings is 2. The van der Waals surface area contributed by atoms with Crippen LogP contribution in [0.3, 0.4) is 0 Å². The second kappa shape index (κ2) is 8.39. The molecule has 1 fully saturated rings. The van der Waals surface area contributed by atoms with E-state index in [9.17, 15) is 13.6 Å². The van der Waals surface area contributed by atoms with Crippen molar-refractivity contribution in [2.24, 2.45) is 5.16 Å². The molecule has 30 heavy (non-hydrogen) atoms. The Morgan fingerprint density at radius 2 is 2.03 bits per heavy atom. The largest absolute Gasteiger partial charge is 0.497 e. The number of methoxy groups -OCH3 is 1. The standard InChI is InChI=1S/C22H23F2N3O3/c1-29-17-6-4-16(5-7-17)25-21(28)20-12-22(30-26-20)9-2-10-27(14-22)13-15-3-8-18(23)19(24)11-15/h3-8,11H,2,9-10,12-14H2,1H3,(H,25,28). The summed E-state index contributed by atoms with van der Waals surface area (Å²) in [5, 5.41) is 6.88. The zero-order valence-electron chi connectivity index (χ0n) is 16.7. The molecule has 0 bridgehead atoms. The maximum Gasteiger partial charge on any atom is 0.273 e. The fourth-order valence-corrected chi connectivity index (χ4v) is 3.96. The molecule has 8 heteroatoms. The van der Waals surface area contributed by atoms with Gasteiger partial charge in [0.15, 0.2) is 17.2 Å². The van der Waals surface area contributed by atoms with Crippen molar-refractivity contribution in [1.29, 1.82) is 0 Å². The fourth-order valence-electron chi connectivity index (χ4n) is 3.96. The van der Waals surface area contributed by atoms with E-state index in [0.717, 1.165) is 25.5 Å². The quantitative estimate of drug-likeness (QED) is 0.809. The number of hydrogen-bond acceptors (Lipinski definition) is 5. The van der Waals surface area contributed by atoms with Crippen molar-refractivity contribution in [3.63, 3.8) is 0 Å². The van der Waals surface area contributed by atoms with Crippen LogP contribution in [0.5, 0.6) is 5.75 Å². The first-order valence-electron chi connectivity index (χ1n) is 9.83. The number of hydrogen-bond donors (Lipinski definition) is 1. The third kappa shape index (κ3) is 4.43. The normalized spacial score (nSPS) is 21.2. The molecule has 2 aromatic rings. The van der Waals surface area contributed by atoms with Gasteiger partial charge in [-0.25, -0.2) is 8.78 Å². The minimum atomic E-state index is -0.853. The molecule has 1 amide bonds. The SMILES string of the molecule is COc1ccc(NC(=O)C2=NOC3(CCCN(Cc4ccc(F)c(F)c4)C3)C2)cc1. The maximum absolute atomic E-state index is 13.5. The van der Waals surface area contributed by atoms with Gasteiger partial charge in [-0.2, -0.15) is 0 Å². The van der Waals surface area contributed by atoms with E-state index in [4.69, 9.17) is 9.57 Å². The van der Waals surface area contributed by atoms with E-state index in [2.05, 4.69) is 15.4 Å². The van der Waals surface area contributed by atoms with Gasteiger partial charge in [0.05, 0.1) is 7.11 Å². The molecular weight excluding hydrogens is 392 g/mol. The number of carbonyl (C=O) groups is 1. The van der Waals surface area contributed by atoms with Crippen molar-refractivity contribution in [2.45, 2.75) is 31.4 Å². The summed E-state index contributed by atoms with van der Waals surface area (Å²) in [5.74, 6) is -1.29. The molecule has 4 rings (SSSR count). The Kier molecular flexibility index (Phi) is 5.67. The summed E-state index contributed by atoms with van der Waals surface area (Å²) >= 11 is 0. The lowest BCUT2D eigenvalue weighted by molar-refractivity contribution is -0.110. The van der Waals surface area contributed by atoms with Crippen molar-refractivity contribution >= 4 is 17.3 Å². The molecule has 2 heterocycles. The Bertz CT molecular complexity index is 965. The van der Waals surface area contributed by atoms with Crippen molar-refractivity contribution in [3.05, 3.63) is 59.7 Å². The second-order valence-corrected chi connectivity index (χ2v) is 7.73. The molecule has 0 saturated carbocycles. The number of amides is 1. The Hall–Kier alpha value is -3.00. The Balaban J connectivity index is 1.36. The molecule has 0 aromatic heterocycles. The lowest BCUT2D eigenvalue weighted by Crippen LogP contribution is -2.48. The highest BCUT2D eigenvalue weighted by Crippen LogP contribution is 2.34. The molecule has 1 atom stereocenters. The van der Waals surface area contributed by atoms with Gasteiger partial charge in [0.1, 0.15) is 11.5 Å². The number of carbonyl (C=O) groups excluding carboxylic acids is 1. The Morgan fingerprint density at radius 3 is 2.77 bits per heavy atom. The first-order valence-corrected chi connectivity index (χ1v) is 9.83. The zero-order chi connectivity index (χ0) is 21.1. The third-order valence-corrected chi connectivity index (χ3v) is 5.46. The van der Waals surface area contributed by atoms with Gasteiger partial charge >= 0.3 is 0 Å². The van der Waals surface area contributed by atoms with Crippen LogP contribution < -0.4 is 10.1 Å². The van der Waals surface area contributed by atoms with Gasteiger partial charge in [0, 0.05) is 25.2 Å². The zero-order valence-corrected chi connectivity index (χ0v) is 16.7. The van der Waals surface area contributed by atoms with Crippen LogP contribution >= 0.6 is 0 Å². The van der Waals surface area contributed by atoms with E-state index in [0.29, 0.717) is 42.2 Å². The van der Waals surface area contributed by atoms with Gasteiger partial charge in [-0.1, -0.05) is 11.2 Å². The molecule has 1 N–H and O–H groups in total. The minimum absolute atomic E-state index is 0.297. The van der Waals surface area contributed by atoms with Gasteiger partial charge in [-0.15, -0.1) is 0 Å². The summed E-state index contributed by atoms with van der Waals surface area (Å²) < 4.78 is 31.8. The van der Waals surface area contributed by atoms with E-state index in [-0.39, 0.29) is 5.91 Å². The Morgan fingerprint density at radius 1 is 1.23 bits per heavy atom. The predicted octanol–water partition coefficient (Wildman–Crippen LogP) is 3.72. The van der Waals surface area contributed by atoms with Crippen molar-refractivity contribution < 1.29 is 23.1 Å². The summed E-state index contributed by atoms with van der Waals surface area (Å²) in [5.41, 5.74) is 1.12. The van der Waals surface area contributed by atoms with Crippen LogP contribution in [0.15, 0.2) is 47.6 Å². The molecule has 1 saturated heterocycles. The number of rotatable bonds is 5. The van der Waals surface area contributed by atoms with E-state index in [1.54, 1.807) is 37.4 Å². The molecule has 0 aliphatic carbocycles. The summed E-state index contributed by atoms with van der Waals surface area (Å²) in [6.45, 7) is 1.86. The smallest absolute Gasteiger partial charge is 0.273 e. The maximum atomic E-state index is 13.5. The lowest BCUT2D eigenvalue weighted by atomic mass is 9.88. The average Bonchev–Trinajstić information content (AvgIpc) is 3.14. The molecular formula is C22H23F2N3O3. The first-order chi connectivity index (χ1) is 14.5. The topological polar surface area (TPSA) is 63.2 Å². The van der Waals surface area contributed by atoms with Gasteiger partial charge in [0.2, 0.25) is 0 Å². The van der Waals surface area contributed by atoms with E-state index in [1.807, 2.05) is 0 Å². The lowest BCUT2D eigenvalue weighted by Gasteiger charge is -2.38. The summed E-state index contributed by atoms with van der Waals surface area (Å²) in [4.78, 5) is 20.4. The van der Waals surface area contributed by atoms with Crippen LogP contribution in [0, 0.1) is 11.6 Å². The number of nitrogens with one attached hydrogen (secondary N) is 1. The minimum Gasteiger partial charge on any atom is -0.497 e. The predicted molar refractivity (Wildman–Crippen MR) is 108 cm³/mol. The number of likely N-dealkylation sites (tertiary alicyclic amines) is 1. The number of oxime groups is 1. The molecule has 1 spiro atoms. The van der Waals surface area contributed by atoms with Crippen molar-refractivity contribution in [2.75, 3.05) is 25.5 Å². The summed E-state index contributed by atoms with van der Waals surface area (Å²) in [6, 6.07) is 11.0. The van der Waals surface area contributed by atoms with Gasteiger partial charge < -0.3 is 14.9 Å². The number of nitrogens with zero attached hydrogens (tertiary/aromatic N) is 2. The number of anilines is 1. The molecule has 2 aliphatic heterocycles.